The van der Waals surface area contributed by atoms with Crippen molar-refractivity contribution in [1.82, 2.24) is 14.6 Å². The Morgan fingerprint density at radius 3 is 3.05 bits per heavy atom. The van der Waals surface area contributed by atoms with Gasteiger partial charge in [-0.1, -0.05) is 17.3 Å². The summed E-state index contributed by atoms with van der Waals surface area (Å²) in [6.45, 7) is 3.34. The molecule has 2 aromatic heterocycles. The first-order valence-corrected chi connectivity index (χ1v) is 7.48. The number of fused-ring (bicyclic) bond motifs is 1. The number of hydrogen-bond acceptors (Lipinski definition) is 5. The SMILES string of the molecule is Cc1cc(C2CCCN2Cn2c(=O)oc3ccccc32)on1. The summed E-state index contributed by atoms with van der Waals surface area (Å²) in [6, 6.07) is 9.64. The highest BCUT2D eigenvalue weighted by Gasteiger charge is 2.30. The summed E-state index contributed by atoms with van der Waals surface area (Å²) in [4.78, 5) is 14.3. The Kier molecular flexibility index (Phi) is 3.11. The monoisotopic (exact) mass is 299 g/mol. The lowest BCUT2D eigenvalue weighted by molar-refractivity contribution is 0.169. The van der Waals surface area contributed by atoms with Crippen molar-refractivity contribution in [2.75, 3.05) is 6.54 Å². The molecule has 0 radical (unpaired) electrons. The van der Waals surface area contributed by atoms with Gasteiger partial charge in [-0.15, -0.1) is 0 Å². The van der Waals surface area contributed by atoms with Crippen molar-refractivity contribution < 1.29 is 8.94 Å². The van der Waals surface area contributed by atoms with Gasteiger partial charge < -0.3 is 8.94 Å². The second-order valence-corrected chi connectivity index (χ2v) is 5.75. The van der Waals surface area contributed by atoms with Crippen molar-refractivity contribution in [3.63, 3.8) is 0 Å². The van der Waals surface area contributed by atoms with Gasteiger partial charge in [0.25, 0.3) is 0 Å². The van der Waals surface area contributed by atoms with Crippen molar-refractivity contribution in [1.29, 1.82) is 0 Å². The molecule has 3 aromatic rings. The van der Waals surface area contributed by atoms with E-state index in [1.807, 2.05) is 37.3 Å². The molecule has 0 amide bonds. The molecule has 1 unspecified atom stereocenters. The normalized spacial score (nSPS) is 19.2. The third kappa shape index (κ3) is 2.16. The van der Waals surface area contributed by atoms with E-state index in [1.165, 1.54) is 0 Å². The maximum absolute atomic E-state index is 12.1. The van der Waals surface area contributed by atoms with E-state index >= 15 is 0 Å². The number of likely N-dealkylation sites (tertiary alicyclic amines) is 1. The largest absolute Gasteiger partial charge is 0.421 e. The summed E-state index contributed by atoms with van der Waals surface area (Å²) >= 11 is 0. The minimum Gasteiger partial charge on any atom is -0.408 e. The minimum atomic E-state index is -0.319. The average Bonchev–Trinajstić information content (AvgIpc) is 3.20. The molecule has 6 heteroatoms. The Labute approximate surface area is 126 Å². The third-order valence-electron chi connectivity index (χ3n) is 4.24. The molecule has 22 heavy (non-hydrogen) atoms. The Morgan fingerprint density at radius 1 is 1.36 bits per heavy atom. The molecular formula is C16H17N3O3. The van der Waals surface area contributed by atoms with Crippen LogP contribution in [-0.4, -0.2) is 21.2 Å². The van der Waals surface area contributed by atoms with Crippen molar-refractivity contribution in [2.45, 2.75) is 32.5 Å². The Bertz CT molecular complexity index is 861. The Hall–Kier alpha value is -2.34. The number of rotatable bonds is 3. The molecular weight excluding hydrogens is 282 g/mol. The lowest BCUT2D eigenvalue weighted by atomic mass is 10.1. The molecule has 0 N–H and O–H groups in total. The van der Waals surface area contributed by atoms with Gasteiger partial charge in [-0.3, -0.25) is 9.47 Å². The van der Waals surface area contributed by atoms with Crippen LogP contribution in [0.4, 0.5) is 0 Å². The number of aromatic nitrogens is 2. The molecule has 6 nitrogen and oxygen atoms in total. The molecule has 4 rings (SSSR count). The summed E-state index contributed by atoms with van der Waals surface area (Å²) in [7, 11) is 0. The summed E-state index contributed by atoms with van der Waals surface area (Å²) in [6.07, 6.45) is 2.09. The second kappa shape index (κ2) is 5.14. The molecule has 0 aliphatic carbocycles. The van der Waals surface area contributed by atoms with E-state index in [1.54, 1.807) is 4.57 Å². The molecule has 1 aliphatic rings. The highest BCUT2D eigenvalue weighted by atomic mass is 16.5. The van der Waals surface area contributed by atoms with E-state index < -0.39 is 0 Å². The second-order valence-electron chi connectivity index (χ2n) is 5.75. The molecule has 0 saturated carbocycles. The van der Waals surface area contributed by atoms with Gasteiger partial charge in [-0.05, 0) is 31.9 Å². The van der Waals surface area contributed by atoms with E-state index in [0.29, 0.717) is 12.3 Å². The quantitative estimate of drug-likeness (QED) is 0.744. The van der Waals surface area contributed by atoms with Crippen LogP contribution < -0.4 is 5.76 Å². The van der Waals surface area contributed by atoms with Crippen LogP contribution in [0.1, 0.15) is 30.3 Å². The van der Waals surface area contributed by atoms with Gasteiger partial charge in [0, 0.05) is 12.6 Å². The molecule has 0 bridgehead atoms. The topological polar surface area (TPSA) is 64.4 Å². The van der Waals surface area contributed by atoms with Gasteiger partial charge in [0.05, 0.1) is 23.9 Å². The number of aryl methyl sites for hydroxylation is 1. The number of nitrogens with zero attached hydrogens (tertiary/aromatic N) is 3. The average molecular weight is 299 g/mol. The van der Waals surface area contributed by atoms with Crippen LogP contribution in [-0.2, 0) is 6.67 Å². The first-order valence-electron chi connectivity index (χ1n) is 7.48. The van der Waals surface area contributed by atoms with Crippen LogP contribution in [0.3, 0.4) is 0 Å². The third-order valence-corrected chi connectivity index (χ3v) is 4.24. The number of oxazole rings is 1. The minimum absolute atomic E-state index is 0.168. The van der Waals surface area contributed by atoms with Crippen LogP contribution >= 0.6 is 0 Å². The van der Waals surface area contributed by atoms with E-state index in [-0.39, 0.29) is 11.8 Å². The summed E-state index contributed by atoms with van der Waals surface area (Å²) < 4.78 is 12.4. The van der Waals surface area contributed by atoms with E-state index in [4.69, 9.17) is 8.94 Å². The van der Waals surface area contributed by atoms with Gasteiger partial charge in [0.1, 0.15) is 0 Å². The van der Waals surface area contributed by atoms with Crippen LogP contribution in [0.25, 0.3) is 11.1 Å². The fraction of sp³-hybridized carbons (Fsp3) is 0.375. The van der Waals surface area contributed by atoms with E-state index in [2.05, 4.69) is 10.1 Å². The van der Waals surface area contributed by atoms with Crippen LogP contribution in [0, 0.1) is 6.92 Å². The molecule has 1 aliphatic heterocycles. The Balaban J connectivity index is 1.67. The Morgan fingerprint density at radius 2 is 2.23 bits per heavy atom. The standard InChI is InChI=1S/C16H17N3O3/c1-11-9-15(22-17-11)12-6-4-8-18(12)10-19-13-5-2-3-7-14(13)21-16(19)20/h2-3,5,7,9,12H,4,6,8,10H2,1H3. The summed E-state index contributed by atoms with van der Waals surface area (Å²) in [5, 5.41) is 3.97. The molecule has 1 aromatic carbocycles. The zero-order chi connectivity index (χ0) is 15.1. The molecule has 114 valence electrons. The van der Waals surface area contributed by atoms with Crippen LogP contribution in [0.15, 0.2) is 44.1 Å². The maximum atomic E-state index is 12.1. The first kappa shape index (κ1) is 13.3. The summed E-state index contributed by atoms with van der Waals surface area (Å²) in [5.41, 5.74) is 2.33. The fourth-order valence-electron chi connectivity index (χ4n) is 3.19. The first-order chi connectivity index (χ1) is 10.7. The zero-order valence-corrected chi connectivity index (χ0v) is 12.4. The van der Waals surface area contributed by atoms with Gasteiger partial charge in [-0.25, -0.2) is 4.79 Å². The van der Waals surface area contributed by atoms with Crippen LogP contribution in [0.5, 0.6) is 0 Å². The van der Waals surface area contributed by atoms with Crippen molar-refractivity contribution in [3.05, 3.63) is 52.3 Å². The lowest BCUT2D eigenvalue weighted by Gasteiger charge is -2.22. The number of hydrogen-bond donors (Lipinski definition) is 0. The predicted octanol–water partition coefficient (Wildman–Crippen LogP) is 2.69. The number of para-hydroxylation sites is 2. The van der Waals surface area contributed by atoms with Crippen LogP contribution in [0.2, 0.25) is 0 Å². The van der Waals surface area contributed by atoms with Crippen molar-refractivity contribution >= 4 is 11.1 Å². The van der Waals surface area contributed by atoms with E-state index in [9.17, 15) is 4.79 Å². The van der Waals surface area contributed by atoms with Gasteiger partial charge in [-0.2, -0.15) is 0 Å². The van der Waals surface area contributed by atoms with Crippen molar-refractivity contribution in [3.8, 4) is 0 Å². The molecule has 1 fully saturated rings. The highest BCUT2D eigenvalue weighted by Crippen LogP contribution is 2.32. The molecule has 1 atom stereocenters. The highest BCUT2D eigenvalue weighted by molar-refractivity contribution is 5.72. The lowest BCUT2D eigenvalue weighted by Crippen LogP contribution is -2.30. The van der Waals surface area contributed by atoms with Gasteiger partial charge >= 0.3 is 5.76 Å². The molecule has 0 spiro atoms. The number of benzene rings is 1. The summed E-state index contributed by atoms with van der Waals surface area (Å²) in [5.74, 6) is 0.552. The molecule has 3 heterocycles. The van der Waals surface area contributed by atoms with Gasteiger partial charge in [0.15, 0.2) is 11.3 Å². The predicted molar refractivity (Wildman–Crippen MR) is 80.4 cm³/mol. The smallest absolute Gasteiger partial charge is 0.408 e. The molecule has 1 saturated heterocycles. The van der Waals surface area contributed by atoms with Crippen molar-refractivity contribution in [2.24, 2.45) is 0 Å². The van der Waals surface area contributed by atoms with Gasteiger partial charge in [0.2, 0.25) is 0 Å². The zero-order valence-electron chi connectivity index (χ0n) is 12.4. The van der Waals surface area contributed by atoms with E-state index in [0.717, 1.165) is 36.4 Å². The fourth-order valence-corrected chi connectivity index (χ4v) is 3.19. The maximum Gasteiger partial charge on any atom is 0.421 e.